The zero-order valence-corrected chi connectivity index (χ0v) is 9.35. The van der Waals surface area contributed by atoms with Gasteiger partial charge in [0.25, 0.3) is 0 Å². The third-order valence-electron chi connectivity index (χ3n) is 2.42. The maximum Gasteiger partial charge on any atom is 0.305 e. The zero-order valence-electron chi connectivity index (χ0n) is 9.35. The largest absolute Gasteiger partial charge is 0.508 e. The smallest absolute Gasteiger partial charge is 0.305 e. The van der Waals surface area contributed by atoms with Crippen LogP contribution in [0.4, 0.5) is 0 Å². The van der Waals surface area contributed by atoms with Crippen LogP contribution in [0.2, 0.25) is 0 Å². The first-order chi connectivity index (χ1) is 7.63. The molecule has 88 valence electrons. The van der Waals surface area contributed by atoms with Crippen LogP contribution in [0.15, 0.2) is 24.3 Å². The summed E-state index contributed by atoms with van der Waals surface area (Å²) in [6.07, 6.45) is 1.43. The van der Waals surface area contributed by atoms with Crippen LogP contribution in [0.25, 0.3) is 0 Å². The molecule has 0 aliphatic rings. The second-order valence-corrected chi connectivity index (χ2v) is 3.71. The first-order valence-electron chi connectivity index (χ1n) is 5.22. The maximum atomic E-state index is 10.9. The van der Waals surface area contributed by atoms with Crippen LogP contribution in [0.3, 0.4) is 0 Å². The summed E-state index contributed by atoms with van der Waals surface area (Å²) in [6, 6.07) is 6.92. The Kier molecular flexibility index (Phi) is 4.79. The Morgan fingerprint density at radius 1 is 1.50 bits per heavy atom. The predicted molar refractivity (Wildman–Crippen MR) is 61.0 cm³/mol. The molecule has 0 bridgehead atoms. The molecule has 0 aliphatic carbocycles. The molecular formula is C12H17NO3. The van der Waals surface area contributed by atoms with E-state index in [0.29, 0.717) is 19.3 Å². The van der Waals surface area contributed by atoms with Gasteiger partial charge in [-0.1, -0.05) is 18.2 Å². The Hall–Kier alpha value is -1.55. The van der Waals surface area contributed by atoms with Gasteiger partial charge < -0.3 is 15.6 Å². The van der Waals surface area contributed by atoms with Crippen LogP contribution >= 0.6 is 0 Å². The number of ether oxygens (including phenoxy) is 1. The normalized spacial score (nSPS) is 12.1. The van der Waals surface area contributed by atoms with Gasteiger partial charge in [-0.2, -0.15) is 0 Å². The van der Waals surface area contributed by atoms with E-state index in [1.54, 1.807) is 12.1 Å². The molecular weight excluding hydrogens is 206 g/mol. The first-order valence-corrected chi connectivity index (χ1v) is 5.22. The van der Waals surface area contributed by atoms with Crippen molar-refractivity contribution in [3.8, 4) is 5.75 Å². The van der Waals surface area contributed by atoms with Crippen LogP contribution in [0.1, 0.15) is 18.4 Å². The average molecular weight is 223 g/mol. The number of phenolic OH excluding ortho intramolecular Hbond substituents is 1. The van der Waals surface area contributed by atoms with E-state index in [2.05, 4.69) is 4.74 Å². The Morgan fingerprint density at radius 3 is 2.81 bits per heavy atom. The number of phenols is 1. The maximum absolute atomic E-state index is 10.9. The second kappa shape index (κ2) is 6.12. The second-order valence-electron chi connectivity index (χ2n) is 3.71. The Labute approximate surface area is 95.0 Å². The lowest BCUT2D eigenvalue weighted by Gasteiger charge is -2.11. The summed E-state index contributed by atoms with van der Waals surface area (Å²) in [5.41, 5.74) is 6.66. The van der Waals surface area contributed by atoms with Crippen LogP contribution in [0.5, 0.6) is 5.75 Å². The van der Waals surface area contributed by atoms with Gasteiger partial charge in [-0.25, -0.2) is 0 Å². The summed E-state index contributed by atoms with van der Waals surface area (Å²) >= 11 is 0. The van der Waals surface area contributed by atoms with Gasteiger partial charge in [0.05, 0.1) is 7.11 Å². The summed E-state index contributed by atoms with van der Waals surface area (Å²) in [4.78, 5) is 10.9. The summed E-state index contributed by atoms with van der Waals surface area (Å²) in [5, 5.41) is 9.54. The standard InChI is InChI=1S/C12H17NO3/c1-16-12(15)7-6-10(13)8-9-4-2-3-5-11(9)14/h2-5,10,14H,6-8,13H2,1H3. The SMILES string of the molecule is COC(=O)CCC(N)Cc1ccccc1O. The molecule has 0 saturated heterocycles. The van der Waals surface area contributed by atoms with Crippen LogP contribution < -0.4 is 5.73 Å². The summed E-state index contributed by atoms with van der Waals surface area (Å²) in [7, 11) is 1.36. The van der Waals surface area contributed by atoms with Crippen LogP contribution in [-0.2, 0) is 16.0 Å². The minimum atomic E-state index is -0.257. The van der Waals surface area contributed by atoms with E-state index >= 15 is 0 Å². The molecule has 1 rings (SSSR count). The van der Waals surface area contributed by atoms with E-state index in [-0.39, 0.29) is 17.8 Å². The molecule has 0 radical (unpaired) electrons. The molecule has 0 aliphatic heterocycles. The predicted octanol–water partition coefficient (Wildman–Crippen LogP) is 1.22. The fourth-order valence-electron chi connectivity index (χ4n) is 1.47. The molecule has 1 aromatic rings. The van der Waals surface area contributed by atoms with Crippen molar-refractivity contribution in [1.29, 1.82) is 0 Å². The number of esters is 1. The fraction of sp³-hybridized carbons (Fsp3) is 0.417. The zero-order chi connectivity index (χ0) is 12.0. The molecule has 16 heavy (non-hydrogen) atoms. The van der Waals surface area contributed by atoms with Gasteiger partial charge in [0.2, 0.25) is 0 Å². The van der Waals surface area contributed by atoms with E-state index in [1.165, 1.54) is 7.11 Å². The number of methoxy groups -OCH3 is 1. The van der Waals surface area contributed by atoms with Crippen molar-refractivity contribution in [2.75, 3.05) is 7.11 Å². The number of aromatic hydroxyl groups is 1. The van der Waals surface area contributed by atoms with Gasteiger partial charge in [0.15, 0.2) is 0 Å². The third kappa shape index (κ3) is 3.90. The number of rotatable bonds is 5. The molecule has 0 heterocycles. The minimum absolute atomic E-state index is 0.146. The van der Waals surface area contributed by atoms with Crippen molar-refractivity contribution in [3.63, 3.8) is 0 Å². The third-order valence-corrected chi connectivity index (χ3v) is 2.42. The number of para-hydroxylation sites is 1. The number of carbonyl (C=O) groups excluding carboxylic acids is 1. The molecule has 4 nitrogen and oxygen atoms in total. The van der Waals surface area contributed by atoms with E-state index in [9.17, 15) is 9.90 Å². The lowest BCUT2D eigenvalue weighted by Crippen LogP contribution is -2.24. The van der Waals surface area contributed by atoms with Gasteiger partial charge in [-0.15, -0.1) is 0 Å². The van der Waals surface area contributed by atoms with E-state index in [0.717, 1.165) is 5.56 Å². The van der Waals surface area contributed by atoms with Crippen molar-refractivity contribution in [2.45, 2.75) is 25.3 Å². The van der Waals surface area contributed by atoms with Crippen molar-refractivity contribution in [1.82, 2.24) is 0 Å². The summed E-state index contributed by atoms with van der Waals surface area (Å²) in [5.74, 6) is -0.0104. The van der Waals surface area contributed by atoms with E-state index in [4.69, 9.17) is 5.73 Å². The highest BCUT2D eigenvalue weighted by atomic mass is 16.5. The molecule has 0 spiro atoms. The number of hydrogen-bond acceptors (Lipinski definition) is 4. The van der Waals surface area contributed by atoms with Crippen LogP contribution in [-0.4, -0.2) is 24.2 Å². The topological polar surface area (TPSA) is 72.5 Å². The lowest BCUT2D eigenvalue weighted by molar-refractivity contribution is -0.140. The molecule has 4 heteroatoms. The minimum Gasteiger partial charge on any atom is -0.508 e. The molecule has 1 aromatic carbocycles. The highest BCUT2D eigenvalue weighted by Gasteiger charge is 2.09. The molecule has 0 amide bonds. The highest BCUT2D eigenvalue weighted by molar-refractivity contribution is 5.69. The Balaban J connectivity index is 2.43. The molecule has 0 saturated carbocycles. The van der Waals surface area contributed by atoms with E-state index < -0.39 is 0 Å². The van der Waals surface area contributed by atoms with Crippen LogP contribution in [0, 0.1) is 0 Å². The fourth-order valence-corrected chi connectivity index (χ4v) is 1.47. The molecule has 3 N–H and O–H groups in total. The highest BCUT2D eigenvalue weighted by Crippen LogP contribution is 2.17. The Bertz CT molecular complexity index is 352. The Morgan fingerprint density at radius 2 is 2.19 bits per heavy atom. The van der Waals surface area contributed by atoms with Crippen molar-refractivity contribution >= 4 is 5.97 Å². The monoisotopic (exact) mass is 223 g/mol. The van der Waals surface area contributed by atoms with Gasteiger partial charge >= 0.3 is 5.97 Å². The van der Waals surface area contributed by atoms with Crippen molar-refractivity contribution in [2.24, 2.45) is 5.73 Å². The lowest BCUT2D eigenvalue weighted by atomic mass is 10.0. The molecule has 0 fully saturated rings. The quantitative estimate of drug-likeness (QED) is 0.736. The number of nitrogens with two attached hydrogens (primary N) is 1. The van der Waals surface area contributed by atoms with Gasteiger partial charge in [-0.3, -0.25) is 4.79 Å². The molecule has 1 unspecified atom stereocenters. The van der Waals surface area contributed by atoms with Crippen molar-refractivity contribution in [3.05, 3.63) is 29.8 Å². The number of benzene rings is 1. The van der Waals surface area contributed by atoms with Gasteiger partial charge in [0.1, 0.15) is 5.75 Å². The van der Waals surface area contributed by atoms with Gasteiger partial charge in [-0.05, 0) is 24.5 Å². The summed E-state index contributed by atoms with van der Waals surface area (Å²) in [6.45, 7) is 0. The van der Waals surface area contributed by atoms with Crippen molar-refractivity contribution < 1.29 is 14.6 Å². The molecule has 0 aromatic heterocycles. The van der Waals surface area contributed by atoms with Gasteiger partial charge in [0, 0.05) is 12.5 Å². The summed E-state index contributed by atoms with van der Waals surface area (Å²) < 4.78 is 4.53. The molecule has 1 atom stereocenters. The average Bonchev–Trinajstić information content (AvgIpc) is 2.29. The number of carbonyl (C=O) groups is 1. The number of hydrogen-bond donors (Lipinski definition) is 2. The van der Waals surface area contributed by atoms with E-state index in [1.807, 2.05) is 12.1 Å². The first kappa shape index (κ1) is 12.5.